The standard InChI is InChI=1S/C12H16N2O5S2/c1-2-13-21(18,19)10-5-3-9(4-6-10)14-11(15)7-20-8-12(16)17/h3-6,13H,2,7-8H2,1H3,(H,14,15)(H,16,17). The molecule has 7 nitrogen and oxygen atoms in total. The molecule has 3 N–H and O–H groups in total. The van der Waals surface area contributed by atoms with Gasteiger partial charge in [0.05, 0.1) is 16.4 Å². The van der Waals surface area contributed by atoms with Gasteiger partial charge in [-0.2, -0.15) is 0 Å². The Balaban J connectivity index is 2.59. The van der Waals surface area contributed by atoms with Crippen LogP contribution < -0.4 is 10.0 Å². The summed E-state index contributed by atoms with van der Waals surface area (Å²) < 4.78 is 25.8. The molecule has 1 amide bonds. The summed E-state index contributed by atoms with van der Waals surface area (Å²) >= 11 is 0.985. The van der Waals surface area contributed by atoms with Gasteiger partial charge in [0.15, 0.2) is 0 Å². The Morgan fingerprint density at radius 2 is 1.81 bits per heavy atom. The van der Waals surface area contributed by atoms with E-state index in [0.717, 1.165) is 11.8 Å². The molecule has 0 spiro atoms. The Labute approximate surface area is 127 Å². The molecule has 0 aromatic heterocycles. The number of hydrogen-bond donors (Lipinski definition) is 3. The first kappa shape index (κ1) is 17.5. The van der Waals surface area contributed by atoms with Gasteiger partial charge < -0.3 is 10.4 Å². The minimum absolute atomic E-state index is 0.0176. The van der Waals surface area contributed by atoms with Crippen molar-refractivity contribution in [3.63, 3.8) is 0 Å². The van der Waals surface area contributed by atoms with Crippen molar-refractivity contribution < 1.29 is 23.1 Å². The average molecular weight is 332 g/mol. The Morgan fingerprint density at radius 1 is 1.19 bits per heavy atom. The molecule has 9 heteroatoms. The lowest BCUT2D eigenvalue weighted by Crippen LogP contribution is -2.23. The van der Waals surface area contributed by atoms with E-state index in [1.54, 1.807) is 6.92 Å². The van der Waals surface area contributed by atoms with Crippen molar-refractivity contribution in [1.82, 2.24) is 4.72 Å². The van der Waals surface area contributed by atoms with Gasteiger partial charge in [-0.25, -0.2) is 13.1 Å². The number of hydrogen-bond acceptors (Lipinski definition) is 5. The number of rotatable bonds is 8. The fourth-order valence-electron chi connectivity index (χ4n) is 1.42. The molecular formula is C12H16N2O5S2. The third-order valence-corrected chi connectivity index (χ3v) is 4.72. The van der Waals surface area contributed by atoms with Gasteiger partial charge >= 0.3 is 5.97 Å². The molecule has 0 fully saturated rings. The van der Waals surface area contributed by atoms with Crippen LogP contribution in [0.2, 0.25) is 0 Å². The molecule has 0 radical (unpaired) electrons. The van der Waals surface area contributed by atoms with E-state index < -0.39 is 16.0 Å². The Morgan fingerprint density at radius 3 is 2.33 bits per heavy atom. The molecule has 0 aliphatic rings. The molecule has 0 saturated heterocycles. The molecule has 1 rings (SSSR count). The lowest BCUT2D eigenvalue weighted by atomic mass is 10.3. The maximum Gasteiger partial charge on any atom is 0.313 e. The number of carboxylic acids is 1. The number of nitrogens with one attached hydrogen (secondary N) is 2. The fraction of sp³-hybridized carbons (Fsp3) is 0.333. The molecule has 21 heavy (non-hydrogen) atoms. The molecule has 0 heterocycles. The quantitative estimate of drug-likeness (QED) is 0.647. The Hall–Kier alpha value is -1.58. The average Bonchev–Trinajstić information content (AvgIpc) is 2.38. The van der Waals surface area contributed by atoms with E-state index >= 15 is 0 Å². The summed E-state index contributed by atoms with van der Waals surface area (Å²) in [5, 5.41) is 11.0. The first-order valence-corrected chi connectivity index (χ1v) is 8.68. The van der Waals surface area contributed by atoms with Crippen LogP contribution in [-0.2, 0) is 19.6 Å². The lowest BCUT2D eigenvalue weighted by Gasteiger charge is -2.07. The van der Waals surface area contributed by atoms with E-state index in [0.29, 0.717) is 12.2 Å². The van der Waals surface area contributed by atoms with Crippen molar-refractivity contribution in [2.45, 2.75) is 11.8 Å². The van der Waals surface area contributed by atoms with Gasteiger partial charge in [0, 0.05) is 12.2 Å². The molecule has 1 aromatic carbocycles. The van der Waals surface area contributed by atoms with Crippen molar-refractivity contribution in [3.05, 3.63) is 24.3 Å². The van der Waals surface area contributed by atoms with E-state index in [2.05, 4.69) is 10.0 Å². The topological polar surface area (TPSA) is 113 Å². The van der Waals surface area contributed by atoms with Crippen molar-refractivity contribution in [1.29, 1.82) is 0 Å². The van der Waals surface area contributed by atoms with Crippen LogP contribution in [0.25, 0.3) is 0 Å². The zero-order chi connectivity index (χ0) is 15.9. The van der Waals surface area contributed by atoms with Gasteiger partial charge in [-0.1, -0.05) is 6.92 Å². The molecule has 0 bridgehead atoms. The third-order valence-electron chi connectivity index (χ3n) is 2.24. The predicted molar refractivity (Wildman–Crippen MR) is 80.9 cm³/mol. The third kappa shape index (κ3) is 6.15. The second-order valence-corrected chi connectivity index (χ2v) is 6.71. The normalized spacial score (nSPS) is 11.1. The number of carbonyl (C=O) groups is 2. The first-order chi connectivity index (χ1) is 9.85. The number of amides is 1. The molecule has 0 aliphatic heterocycles. The van der Waals surface area contributed by atoms with Crippen LogP contribution in [0.3, 0.4) is 0 Å². The zero-order valence-electron chi connectivity index (χ0n) is 11.3. The molecule has 0 atom stereocenters. The fourth-order valence-corrected chi connectivity index (χ4v) is 2.99. The molecule has 0 unspecified atom stereocenters. The molecule has 116 valence electrons. The summed E-state index contributed by atoms with van der Waals surface area (Å²) in [6, 6.07) is 5.73. The summed E-state index contributed by atoms with van der Waals surface area (Å²) in [5.74, 6) is -1.45. The highest BCUT2D eigenvalue weighted by Crippen LogP contribution is 2.14. The van der Waals surface area contributed by atoms with Crippen LogP contribution >= 0.6 is 11.8 Å². The minimum Gasteiger partial charge on any atom is -0.481 e. The molecule has 1 aromatic rings. The van der Waals surface area contributed by atoms with Crippen molar-refractivity contribution >= 4 is 39.3 Å². The summed E-state index contributed by atoms with van der Waals surface area (Å²) in [6.45, 7) is 1.97. The van der Waals surface area contributed by atoms with Crippen LogP contribution in [0.5, 0.6) is 0 Å². The Bertz CT molecular complexity index is 599. The summed E-state index contributed by atoms with van der Waals surface area (Å²) in [7, 11) is -3.51. The van der Waals surface area contributed by atoms with E-state index in [1.165, 1.54) is 24.3 Å². The summed E-state index contributed by atoms with van der Waals surface area (Å²) in [4.78, 5) is 21.9. The van der Waals surface area contributed by atoms with Gasteiger partial charge in [-0.3, -0.25) is 9.59 Å². The molecule has 0 saturated carbocycles. The smallest absolute Gasteiger partial charge is 0.313 e. The molecular weight excluding hydrogens is 316 g/mol. The van der Waals surface area contributed by atoms with Gasteiger partial charge in [0.25, 0.3) is 0 Å². The van der Waals surface area contributed by atoms with Crippen molar-refractivity contribution in [3.8, 4) is 0 Å². The molecule has 0 aliphatic carbocycles. The van der Waals surface area contributed by atoms with E-state index in [9.17, 15) is 18.0 Å². The SMILES string of the molecule is CCNS(=O)(=O)c1ccc(NC(=O)CSCC(=O)O)cc1. The highest BCUT2D eigenvalue weighted by molar-refractivity contribution is 8.00. The highest BCUT2D eigenvalue weighted by Gasteiger charge is 2.12. The number of sulfonamides is 1. The number of carboxylic acid groups (broad SMARTS) is 1. The van der Waals surface area contributed by atoms with Crippen LogP contribution in [0, 0.1) is 0 Å². The summed E-state index contributed by atoms with van der Waals surface area (Å²) in [6.07, 6.45) is 0. The number of carbonyl (C=O) groups excluding carboxylic acids is 1. The number of aliphatic carboxylic acids is 1. The largest absolute Gasteiger partial charge is 0.481 e. The van der Waals surface area contributed by atoms with Crippen LogP contribution in [0.15, 0.2) is 29.2 Å². The monoisotopic (exact) mass is 332 g/mol. The number of thioether (sulfide) groups is 1. The predicted octanol–water partition coefficient (Wildman–Crippen LogP) is 0.741. The number of benzene rings is 1. The van der Waals surface area contributed by atoms with Crippen LogP contribution in [0.1, 0.15) is 6.92 Å². The van der Waals surface area contributed by atoms with E-state index in [1.807, 2.05) is 0 Å². The first-order valence-electron chi connectivity index (χ1n) is 6.04. The maximum absolute atomic E-state index is 11.7. The van der Waals surface area contributed by atoms with Crippen molar-refractivity contribution in [2.75, 3.05) is 23.4 Å². The summed E-state index contributed by atoms with van der Waals surface area (Å²) in [5.41, 5.74) is 0.450. The van der Waals surface area contributed by atoms with Gasteiger partial charge in [-0.15, -0.1) is 11.8 Å². The van der Waals surface area contributed by atoms with E-state index in [-0.39, 0.29) is 22.3 Å². The second kappa shape index (κ2) is 8.01. The number of anilines is 1. The van der Waals surface area contributed by atoms with Crippen LogP contribution in [-0.4, -0.2) is 43.5 Å². The van der Waals surface area contributed by atoms with E-state index in [4.69, 9.17) is 5.11 Å². The van der Waals surface area contributed by atoms with Gasteiger partial charge in [-0.05, 0) is 24.3 Å². The van der Waals surface area contributed by atoms with Gasteiger partial charge in [0.2, 0.25) is 15.9 Å². The highest BCUT2D eigenvalue weighted by atomic mass is 32.2. The van der Waals surface area contributed by atoms with Crippen molar-refractivity contribution in [2.24, 2.45) is 0 Å². The second-order valence-electron chi connectivity index (χ2n) is 3.96. The Kier molecular flexibility index (Phi) is 6.66. The van der Waals surface area contributed by atoms with Crippen LogP contribution in [0.4, 0.5) is 5.69 Å². The lowest BCUT2D eigenvalue weighted by molar-refractivity contribution is -0.133. The minimum atomic E-state index is -3.51. The maximum atomic E-state index is 11.7. The zero-order valence-corrected chi connectivity index (χ0v) is 13.0. The van der Waals surface area contributed by atoms with Gasteiger partial charge in [0.1, 0.15) is 0 Å².